The van der Waals surface area contributed by atoms with Crippen LogP contribution in [0.15, 0.2) is 42.5 Å². The van der Waals surface area contributed by atoms with Gasteiger partial charge in [-0.1, -0.05) is 24.3 Å². The zero-order valence-electron chi connectivity index (χ0n) is 15.9. The molecule has 2 N–H and O–H groups in total. The van der Waals surface area contributed by atoms with Gasteiger partial charge in [0.1, 0.15) is 13.2 Å². The van der Waals surface area contributed by atoms with Crippen LogP contribution in [0.5, 0.6) is 11.5 Å². The predicted molar refractivity (Wildman–Crippen MR) is 105 cm³/mol. The highest BCUT2D eigenvalue weighted by Crippen LogP contribution is 2.32. The molecule has 0 spiro atoms. The summed E-state index contributed by atoms with van der Waals surface area (Å²) in [5, 5.41) is 5.94. The molecule has 0 fully saturated rings. The summed E-state index contributed by atoms with van der Waals surface area (Å²) < 4.78 is 11.1. The number of hydrogen-bond acceptors (Lipinski definition) is 4. The summed E-state index contributed by atoms with van der Waals surface area (Å²) in [6.07, 6.45) is 1.52. The van der Waals surface area contributed by atoms with Crippen molar-refractivity contribution in [2.45, 2.75) is 32.2 Å². The second kappa shape index (κ2) is 7.92. The first-order chi connectivity index (χ1) is 13.6. The topological polar surface area (TPSA) is 76.7 Å². The Morgan fingerprint density at radius 1 is 1.18 bits per heavy atom. The van der Waals surface area contributed by atoms with Crippen molar-refractivity contribution < 1.29 is 19.1 Å². The van der Waals surface area contributed by atoms with Crippen molar-refractivity contribution in [1.82, 2.24) is 5.32 Å². The first-order valence-electron chi connectivity index (χ1n) is 9.68. The Bertz CT molecular complexity index is 896. The second-order valence-corrected chi connectivity index (χ2v) is 7.28. The zero-order chi connectivity index (χ0) is 19.5. The van der Waals surface area contributed by atoms with Crippen LogP contribution in [0.3, 0.4) is 0 Å². The normalized spacial score (nSPS) is 18.6. The minimum Gasteiger partial charge on any atom is -0.486 e. The molecule has 6 heteroatoms. The number of rotatable bonds is 5. The van der Waals surface area contributed by atoms with E-state index >= 15 is 0 Å². The maximum atomic E-state index is 12.4. The summed E-state index contributed by atoms with van der Waals surface area (Å²) in [5.74, 6) is 1.20. The third kappa shape index (κ3) is 3.96. The summed E-state index contributed by atoms with van der Waals surface area (Å²) in [7, 11) is 0. The number of carbonyl (C=O) groups is 2. The van der Waals surface area contributed by atoms with Gasteiger partial charge < -0.3 is 20.1 Å². The number of amides is 2. The van der Waals surface area contributed by atoms with E-state index in [0.717, 1.165) is 22.6 Å². The molecule has 2 aromatic carbocycles. The highest BCUT2D eigenvalue weighted by molar-refractivity contribution is 5.96. The number of para-hydroxylation sites is 1. The Morgan fingerprint density at radius 2 is 1.96 bits per heavy atom. The van der Waals surface area contributed by atoms with Crippen LogP contribution in [0.2, 0.25) is 0 Å². The van der Waals surface area contributed by atoms with Gasteiger partial charge in [0, 0.05) is 18.0 Å². The quantitative estimate of drug-likeness (QED) is 0.835. The van der Waals surface area contributed by atoms with Gasteiger partial charge in [0.05, 0.1) is 6.04 Å². The molecule has 146 valence electrons. The van der Waals surface area contributed by atoms with Crippen LogP contribution >= 0.6 is 0 Å². The monoisotopic (exact) mass is 380 g/mol. The van der Waals surface area contributed by atoms with Gasteiger partial charge in [0.25, 0.3) is 0 Å². The van der Waals surface area contributed by atoms with Crippen LogP contribution in [-0.2, 0) is 16.0 Å². The van der Waals surface area contributed by atoms with Crippen molar-refractivity contribution in [1.29, 1.82) is 0 Å². The average Bonchev–Trinajstić information content (AvgIpc) is 2.71. The molecule has 2 aliphatic heterocycles. The predicted octanol–water partition coefficient (Wildman–Crippen LogP) is 3.23. The molecule has 2 aliphatic rings. The van der Waals surface area contributed by atoms with E-state index in [0.29, 0.717) is 38.2 Å². The molecule has 2 aromatic rings. The van der Waals surface area contributed by atoms with E-state index in [4.69, 9.17) is 9.47 Å². The van der Waals surface area contributed by atoms with E-state index in [1.165, 1.54) is 0 Å². The van der Waals surface area contributed by atoms with Gasteiger partial charge in [-0.3, -0.25) is 9.59 Å². The van der Waals surface area contributed by atoms with E-state index in [1.807, 2.05) is 49.4 Å². The zero-order valence-corrected chi connectivity index (χ0v) is 15.9. The number of anilines is 1. The van der Waals surface area contributed by atoms with Gasteiger partial charge in [0.15, 0.2) is 11.5 Å². The molecule has 6 nitrogen and oxygen atoms in total. The minimum absolute atomic E-state index is 0.00798. The summed E-state index contributed by atoms with van der Waals surface area (Å²) in [6.45, 7) is 3.02. The Hall–Kier alpha value is -3.02. The van der Waals surface area contributed by atoms with E-state index in [-0.39, 0.29) is 23.8 Å². The highest BCUT2D eigenvalue weighted by atomic mass is 16.6. The fourth-order valence-electron chi connectivity index (χ4n) is 3.68. The standard InChI is InChI=1S/C22H24N2O4/c1-14(15-6-8-19-20(13-15)28-11-10-27-19)23-21(25)9-7-17-12-16-4-2-3-5-18(16)24-22(17)26/h2-6,8,13-14,17H,7,9-12H2,1H3,(H,23,25)(H,24,26). The fraction of sp³-hybridized carbons (Fsp3) is 0.364. The van der Waals surface area contributed by atoms with Gasteiger partial charge in [-0.15, -0.1) is 0 Å². The lowest BCUT2D eigenvalue weighted by Gasteiger charge is -2.24. The summed E-state index contributed by atoms with van der Waals surface area (Å²) >= 11 is 0. The van der Waals surface area contributed by atoms with E-state index in [1.54, 1.807) is 0 Å². The number of nitrogens with one attached hydrogen (secondary N) is 2. The average molecular weight is 380 g/mol. The van der Waals surface area contributed by atoms with Crippen LogP contribution in [-0.4, -0.2) is 25.0 Å². The van der Waals surface area contributed by atoms with Crippen LogP contribution < -0.4 is 20.1 Å². The minimum atomic E-state index is -0.176. The number of fused-ring (bicyclic) bond motifs is 2. The van der Waals surface area contributed by atoms with Gasteiger partial charge in [-0.25, -0.2) is 0 Å². The maximum absolute atomic E-state index is 12.4. The molecule has 0 radical (unpaired) electrons. The van der Waals surface area contributed by atoms with E-state index in [2.05, 4.69) is 10.6 Å². The van der Waals surface area contributed by atoms with Crippen LogP contribution in [0.4, 0.5) is 5.69 Å². The lowest BCUT2D eigenvalue weighted by molar-refractivity contribution is -0.123. The second-order valence-electron chi connectivity index (χ2n) is 7.28. The number of benzene rings is 2. The molecule has 0 saturated heterocycles. The molecule has 28 heavy (non-hydrogen) atoms. The Balaban J connectivity index is 1.31. The molecule has 2 atom stereocenters. The van der Waals surface area contributed by atoms with E-state index in [9.17, 15) is 9.59 Å². The molecule has 0 bridgehead atoms. The van der Waals surface area contributed by atoms with Crippen molar-refractivity contribution in [3.8, 4) is 11.5 Å². The SMILES string of the molecule is CC(NC(=O)CCC1Cc2ccccc2NC1=O)c1ccc2c(c1)OCCO2. The number of hydrogen-bond donors (Lipinski definition) is 2. The van der Waals surface area contributed by atoms with Crippen molar-refractivity contribution in [2.24, 2.45) is 5.92 Å². The van der Waals surface area contributed by atoms with Crippen molar-refractivity contribution in [2.75, 3.05) is 18.5 Å². The van der Waals surface area contributed by atoms with Gasteiger partial charge in [0.2, 0.25) is 11.8 Å². The first kappa shape index (κ1) is 18.3. The molecule has 4 rings (SSSR count). The molecular formula is C22H24N2O4. The lowest BCUT2D eigenvalue weighted by Crippen LogP contribution is -2.32. The Morgan fingerprint density at radius 3 is 2.82 bits per heavy atom. The third-order valence-electron chi connectivity index (χ3n) is 5.28. The van der Waals surface area contributed by atoms with Crippen molar-refractivity contribution >= 4 is 17.5 Å². The van der Waals surface area contributed by atoms with Crippen LogP contribution in [0.1, 0.15) is 36.9 Å². The van der Waals surface area contributed by atoms with Crippen molar-refractivity contribution in [3.63, 3.8) is 0 Å². The lowest BCUT2D eigenvalue weighted by atomic mass is 9.89. The highest BCUT2D eigenvalue weighted by Gasteiger charge is 2.26. The molecular weight excluding hydrogens is 356 g/mol. The van der Waals surface area contributed by atoms with Gasteiger partial charge in [-0.2, -0.15) is 0 Å². The molecule has 0 saturated carbocycles. The Labute approximate surface area is 164 Å². The van der Waals surface area contributed by atoms with Crippen LogP contribution in [0, 0.1) is 5.92 Å². The fourth-order valence-corrected chi connectivity index (χ4v) is 3.68. The van der Waals surface area contributed by atoms with Gasteiger partial charge >= 0.3 is 0 Å². The summed E-state index contributed by atoms with van der Waals surface area (Å²) in [6, 6.07) is 13.4. The largest absolute Gasteiger partial charge is 0.486 e. The molecule has 0 aromatic heterocycles. The van der Waals surface area contributed by atoms with Crippen LogP contribution in [0.25, 0.3) is 0 Å². The Kier molecular flexibility index (Phi) is 5.19. The van der Waals surface area contributed by atoms with Gasteiger partial charge in [-0.05, 0) is 49.1 Å². The number of ether oxygens (including phenoxy) is 2. The third-order valence-corrected chi connectivity index (χ3v) is 5.28. The molecule has 2 amide bonds. The van der Waals surface area contributed by atoms with E-state index < -0.39 is 0 Å². The summed E-state index contributed by atoms with van der Waals surface area (Å²) in [4.78, 5) is 24.7. The summed E-state index contributed by atoms with van der Waals surface area (Å²) in [5.41, 5.74) is 2.96. The molecule has 2 unspecified atom stereocenters. The first-order valence-corrected chi connectivity index (χ1v) is 9.68. The maximum Gasteiger partial charge on any atom is 0.227 e. The molecule has 2 heterocycles. The van der Waals surface area contributed by atoms with Crippen molar-refractivity contribution in [3.05, 3.63) is 53.6 Å². The smallest absolute Gasteiger partial charge is 0.227 e. The number of carbonyl (C=O) groups excluding carboxylic acids is 2. The molecule has 0 aliphatic carbocycles.